The Morgan fingerprint density at radius 2 is 1.64 bits per heavy atom. The first-order valence-electron chi connectivity index (χ1n) is 9.21. The van der Waals surface area contributed by atoms with Gasteiger partial charge in [0.05, 0.1) is 6.54 Å². The van der Waals surface area contributed by atoms with Gasteiger partial charge in [0.15, 0.2) is 11.5 Å². The van der Waals surface area contributed by atoms with Gasteiger partial charge in [-0.05, 0) is 42.0 Å². The molecule has 3 aromatic carbocycles. The molecule has 1 heterocycles. The molecule has 0 spiro atoms. The van der Waals surface area contributed by atoms with E-state index < -0.39 is 0 Å². The quantitative estimate of drug-likeness (QED) is 0.627. The molecule has 5 heteroatoms. The molecular formula is C23H21NO3S. The third-order valence-corrected chi connectivity index (χ3v) is 5.51. The van der Waals surface area contributed by atoms with Gasteiger partial charge in [-0.2, -0.15) is 0 Å². The number of hydrogen-bond donors (Lipinski definition) is 1. The summed E-state index contributed by atoms with van der Waals surface area (Å²) in [5.74, 6) is 2.23. The fourth-order valence-electron chi connectivity index (χ4n) is 2.91. The third kappa shape index (κ3) is 4.67. The van der Waals surface area contributed by atoms with Gasteiger partial charge in [0.25, 0.3) is 5.91 Å². The van der Waals surface area contributed by atoms with E-state index in [0.717, 1.165) is 11.5 Å². The first-order chi connectivity index (χ1) is 13.8. The van der Waals surface area contributed by atoms with Crippen LogP contribution in [0.15, 0.2) is 83.8 Å². The van der Waals surface area contributed by atoms with Crippen molar-refractivity contribution in [3.63, 3.8) is 0 Å². The molecule has 0 saturated heterocycles. The van der Waals surface area contributed by atoms with Gasteiger partial charge in [-0.25, -0.2) is 0 Å². The summed E-state index contributed by atoms with van der Waals surface area (Å²) in [4.78, 5) is 13.6. The second kappa shape index (κ2) is 8.85. The van der Waals surface area contributed by atoms with E-state index in [9.17, 15) is 4.79 Å². The van der Waals surface area contributed by atoms with Gasteiger partial charge in [0.1, 0.15) is 12.7 Å². The van der Waals surface area contributed by atoms with Crippen molar-refractivity contribution in [2.75, 3.05) is 13.2 Å². The van der Waals surface area contributed by atoms with Crippen molar-refractivity contribution in [1.82, 2.24) is 5.32 Å². The van der Waals surface area contributed by atoms with Gasteiger partial charge in [-0.1, -0.05) is 42.5 Å². The number of rotatable bonds is 6. The normalized spacial score (nSPS) is 15.1. The Bertz CT molecular complexity index is 928. The van der Waals surface area contributed by atoms with E-state index in [4.69, 9.17) is 9.47 Å². The Morgan fingerprint density at radius 1 is 0.929 bits per heavy atom. The van der Waals surface area contributed by atoms with Crippen molar-refractivity contribution in [3.05, 3.63) is 90.0 Å². The van der Waals surface area contributed by atoms with Crippen LogP contribution in [-0.2, 0) is 5.75 Å². The van der Waals surface area contributed by atoms with Crippen molar-refractivity contribution in [2.24, 2.45) is 0 Å². The number of amides is 1. The first-order valence-corrected chi connectivity index (χ1v) is 10.2. The van der Waals surface area contributed by atoms with Crippen molar-refractivity contribution in [2.45, 2.75) is 16.8 Å². The fourth-order valence-corrected chi connectivity index (χ4v) is 3.78. The SMILES string of the molecule is O=C(NC[C@@H]1COc2ccccc2O1)c1ccc(CSc2ccccc2)cc1. The van der Waals surface area contributed by atoms with E-state index in [2.05, 4.69) is 17.4 Å². The summed E-state index contributed by atoms with van der Waals surface area (Å²) >= 11 is 1.78. The highest BCUT2D eigenvalue weighted by Crippen LogP contribution is 2.30. The highest BCUT2D eigenvalue weighted by atomic mass is 32.2. The predicted octanol–water partition coefficient (Wildman–Crippen LogP) is 4.55. The lowest BCUT2D eigenvalue weighted by Crippen LogP contribution is -2.40. The molecule has 0 fully saturated rings. The van der Waals surface area contributed by atoms with Crippen LogP contribution in [0.4, 0.5) is 0 Å². The zero-order valence-electron chi connectivity index (χ0n) is 15.3. The number of thioether (sulfide) groups is 1. The smallest absolute Gasteiger partial charge is 0.251 e. The molecule has 0 saturated carbocycles. The first kappa shape index (κ1) is 18.4. The summed E-state index contributed by atoms with van der Waals surface area (Å²) in [6.07, 6.45) is -0.194. The standard InChI is InChI=1S/C23H21NO3S/c25-23(24-14-19-15-26-21-8-4-5-9-22(21)27-19)18-12-10-17(11-13-18)16-28-20-6-2-1-3-7-20/h1-13,19H,14-16H2,(H,24,25)/t19-/m1/s1. The summed E-state index contributed by atoms with van der Waals surface area (Å²) in [7, 11) is 0. The highest BCUT2D eigenvalue weighted by molar-refractivity contribution is 7.98. The van der Waals surface area contributed by atoms with Gasteiger partial charge in [0.2, 0.25) is 0 Å². The Labute approximate surface area is 168 Å². The molecule has 1 aliphatic heterocycles. The summed E-state index contributed by atoms with van der Waals surface area (Å²) in [5.41, 5.74) is 1.83. The molecule has 0 bridgehead atoms. The zero-order valence-corrected chi connectivity index (χ0v) is 16.2. The van der Waals surface area contributed by atoms with Crippen LogP contribution < -0.4 is 14.8 Å². The second-order valence-corrected chi connectivity index (χ2v) is 7.56. The molecule has 4 rings (SSSR count). The highest BCUT2D eigenvalue weighted by Gasteiger charge is 2.21. The molecule has 4 nitrogen and oxygen atoms in total. The molecule has 3 aromatic rings. The zero-order chi connectivity index (χ0) is 19.2. The largest absolute Gasteiger partial charge is 0.486 e. The number of benzene rings is 3. The van der Waals surface area contributed by atoms with E-state index in [0.29, 0.717) is 24.5 Å². The van der Waals surface area contributed by atoms with Crippen molar-refractivity contribution < 1.29 is 14.3 Å². The number of ether oxygens (including phenoxy) is 2. The maximum absolute atomic E-state index is 12.4. The lowest BCUT2D eigenvalue weighted by molar-refractivity contribution is 0.0789. The minimum atomic E-state index is -0.194. The van der Waals surface area contributed by atoms with E-state index in [-0.39, 0.29) is 12.0 Å². The molecule has 1 N–H and O–H groups in total. The van der Waals surface area contributed by atoms with Gasteiger partial charge in [-0.3, -0.25) is 4.79 Å². The lowest BCUT2D eigenvalue weighted by Gasteiger charge is -2.26. The van der Waals surface area contributed by atoms with Gasteiger partial charge < -0.3 is 14.8 Å². The Morgan fingerprint density at radius 3 is 2.43 bits per heavy atom. The molecule has 0 radical (unpaired) electrons. The molecule has 0 aliphatic carbocycles. The van der Waals surface area contributed by atoms with Crippen molar-refractivity contribution >= 4 is 17.7 Å². The number of hydrogen-bond acceptors (Lipinski definition) is 4. The fraction of sp³-hybridized carbons (Fsp3) is 0.174. The summed E-state index contributed by atoms with van der Waals surface area (Å²) in [5, 5.41) is 2.93. The molecular weight excluding hydrogens is 370 g/mol. The van der Waals surface area contributed by atoms with Crippen LogP contribution in [-0.4, -0.2) is 25.2 Å². The Kier molecular flexibility index (Phi) is 5.83. The van der Waals surface area contributed by atoms with E-state index >= 15 is 0 Å². The average molecular weight is 391 g/mol. The van der Waals surface area contributed by atoms with Crippen molar-refractivity contribution in [1.29, 1.82) is 0 Å². The molecule has 1 amide bonds. The van der Waals surface area contributed by atoms with Crippen LogP contribution in [0.2, 0.25) is 0 Å². The van der Waals surface area contributed by atoms with Gasteiger partial charge in [-0.15, -0.1) is 11.8 Å². The van der Waals surface area contributed by atoms with Crippen LogP contribution in [0.5, 0.6) is 11.5 Å². The van der Waals surface area contributed by atoms with Gasteiger partial charge >= 0.3 is 0 Å². The minimum Gasteiger partial charge on any atom is -0.486 e. The number of carbonyl (C=O) groups is 1. The van der Waals surface area contributed by atoms with Crippen LogP contribution in [0.25, 0.3) is 0 Å². The average Bonchev–Trinajstić information content (AvgIpc) is 2.77. The van der Waals surface area contributed by atoms with Crippen LogP contribution in [0, 0.1) is 0 Å². The maximum Gasteiger partial charge on any atom is 0.251 e. The third-order valence-electron chi connectivity index (χ3n) is 4.42. The van der Waals surface area contributed by atoms with Crippen LogP contribution in [0.3, 0.4) is 0 Å². The lowest BCUT2D eigenvalue weighted by atomic mass is 10.1. The number of fused-ring (bicyclic) bond motifs is 1. The molecule has 1 atom stereocenters. The molecule has 0 unspecified atom stereocenters. The monoisotopic (exact) mass is 391 g/mol. The van der Waals surface area contributed by atoms with Gasteiger partial charge in [0, 0.05) is 16.2 Å². The minimum absolute atomic E-state index is 0.107. The summed E-state index contributed by atoms with van der Waals surface area (Å²) in [6, 6.07) is 25.6. The Hall–Kier alpha value is -2.92. The van der Waals surface area contributed by atoms with E-state index in [1.807, 2.05) is 66.7 Å². The van der Waals surface area contributed by atoms with Crippen LogP contribution >= 0.6 is 11.8 Å². The van der Waals surface area contributed by atoms with E-state index in [1.165, 1.54) is 10.5 Å². The molecule has 28 heavy (non-hydrogen) atoms. The van der Waals surface area contributed by atoms with E-state index in [1.54, 1.807) is 11.8 Å². The number of nitrogens with one attached hydrogen (secondary N) is 1. The van der Waals surface area contributed by atoms with Crippen LogP contribution in [0.1, 0.15) is 15.9 Å². The Balaban J connectivity index is 1.27. The number of para-hydroxylation sites is 2. The summed E-state index contributed by atoms with van der Waals surface area (Å²) in [6.45, 7) is 0.825. The molecule has 1 aliphatic rings. The second-order valence-electron chi connectivity index (χ2n) is 6.51. The topological polar surface area (TPSA) is 47.6 Å². The predicted molar refractivity (Wildman–Crippen MR) is 111 cm³/mol. The maximum atomic E-state index is 12.4. The molecule has 0 aromatic heterocycles. The molecule has 142 valence electrons. The number of carbonyl (C=O) groups excluding carboxylic acids is 1. The van der Waals surface area contributed by atoms with Crippen molar-refractivity contribution in [3.8, 4) is 11.5 Å². The summed E-state index contributed by atoms with van der Waals surface area (Å²) < 4.78 is 11.5.